The van der Waals surface area contributed by atoms with Crippen LogP contribution in [0.2, 0.25) is 0 Å². The number of rotatable bonds is 6. The number of amides is 1. The highest BCUT2D eigenvalue weighted by Gasteiger charge is 2.21. The standard InChI is InChI=1S/C15H24N2O2/c1-5-10(2)14(16)15(18)17-11(3)12-7-6-8-13(9-12)19-4/h6-11,14H,5,16H2,1-4H3,(H,17,18). The molecule has 0 saturated heterocycles. The molecule has 0 bridgehead atoms. The van der Waals surface area contributed by atoms with Gasteiger partial charge in [-0.15, -0.1) is 0 Å². The van der Waals surface area contributed by atoms with Gasteiger partial charge in [-0.2, -0.15) is 0 Å². The van der Waals surface area contributed by atoms with Gasteiger partial charge in [0.1, 0.15) is 5.75 Å². The lowest BCUT2D eigenvalue weighted by Gasteiger charge is -2.21. The second kappa shape index (κ2) is 7.14. The van der Waals surface area contributed by atoms with Gasteiger partial charge in [0.2, 0.25) is 5.91 Å². The molecule has 4 heteroatoms. The Bertz CT molecular complexity index is 420. The smallest absolute Gasteiger partial charge is 0.237 e. The van der Waals surface area contributed by atoms with E-state index in [1.54, 1.807) is 7.11 Å². The molecule has 0 aliphatic heterocycles. The van der Waals surface area contributed by atoms with E-state index in [0.717, 1.165) is 17.7 Å². The lowest BCUT2D eigenvalue weighted by Crippen LogP contribution is -2.45. The molecule has 3 atom stereocenters. The summed E-state index contributed by atoms with van der Waals surface area (Å²) in [4.78, 5) is 12.0. The maximum absolute atomic E-state index is 12.0. The van der Waals surface area contributed by atoms with Crippen LogP contribution in [0.1, 0.15) is 38.8 Å². The van der Waals surface area contributed by atoms with E-state index in [9.17, 15) is 4.79 Å². The lowest BCUT2D eigenvalue weighted by atomic mass is 9.98. The summed E-state index contributed by atoms with van der Waals surface area (Å²) in [7, 11) is 1.63. The molecule has 0 heterocycles. The zero-order valence-electron chi connectivity index (χ0n) is 12.1. The van der Waals surface area contributed by atoms with Gasteiger partial charge in [0, 0.05) is 0 Å². The van der Waals surface area contributed by atoms with Crippen molar-refractivity contribution in [1.29, 1.82) is 0 Å². The molecule has 4 nitrogen and oxygen atoms in total. The van der Waals surface area contributed by atoms with Crippen LogP contribution in [-0.4, -0.2) is 19.1 Å². The first-order chi connectivity index (χ1) is 8.99. The quantitative estimate of drug-likeness (QED) is 0.828. The Morgan fingerprint density at radius 1 is 1.42 bits per heavy atom. The number of hydrogen-bond acceptors (Lipinski definition) is 3. The molecule has 0 aromatic heterocycles. The number of methoxy groups -OCH3 is 1. The largest absolute Gasteiger partial charge is 0.497 e. The third-order valence-electron chi connectivity index (χ3n) is 3.51. The summed E-state index contributed by atoms with van der Waals surface area (Å²) in [5.41, 5.74) is 6.92. The molecule has 0 fully saturated rings. The molecule has 1 aromatic carbocycles. The fraction of sp³-hybridized carbons (Fsp3) is 0.533. The van der Waals surface area contributed by atoms with Gasteiger partial charge in [-0.05, 0) is 30.5 Å². The van der Waals surface area contributed by atoms with E-state index in [-0.39, 0.29) is 17.9 Å². The van der Waals surface area contributed by atoms with Crippen molar-refractivity contribution < 1.29 is 9.53 Å². The highest BCUT2D eigenvalue weighted by Crippen LogP contribution is 2.19. The minimum atomic E-state index is -0.460. The SMILES string of the molecule is CCC(C)C(N)C(=O)NC(C)c1cccc(OC)c1. The molecule has 0 aliphatic rings. The number of carbonyl (C=O) groups is 1. The number of hydrogen-bond donors (Lipinski definition) is 2. The van der Waals surface area contributed by atoms with Crippen LogP contribution in [0.15, 0.2) is 24.3 Å². The topological polar surface area (TPSA) is 64.4 Å². The van der Waals surface area contributed by atoms with Crippen LogP contribution in [0.3, 0.4) is 0 Å². The van der Waals surface area contributed by atoms with Crippen molar-refractivity contribution in [2.24, 2.45) is 11.7 Å². The fourth-order valence-electron chi connectivity index (χ4n) is 1.82. The molecule has 19 heavy (non-hydrogen) atoms. The molecule has 0 saturated carbocycles. The van der Waals surface area contributed by atoms with Crippen LogP contribution in [0.4, 0.5) is 0 Å². The second-order valence-corrected chi connectivity index (χ2v) is 4.92. The van der Waals surface area contributed by atoms with E-state index in [0.29, 0.717) is 0 Å². The van der Waals surface area contributed by atoms with E-state index < -0.39 is 6.04 Å². The van der Waals surface area contributed by atoms with Gasteiger partial charge in [-0.25, -0.2) is 0 Å². The van der Waals surface area contributed by atoms with Gasteiger partial charge in [-0.3, -0.25) is 4.79 Å². The van der Waals surface area contributed by atoms with Crippen LogP contribution >= 0.6 is 0 Å². The van der Waals surface area contributed by atoms with Crippen LogP contribution in [0.5, 0.6) is 5.75 Å². The Hall–Kier alpha value is -1.55. The Labute approximate surface area is 115 Å². The molecule has 1 aromatic rings. The summed E-state index contributed by atoms with van der Waals surface area (Å²) in [5.74, 6) is 0.854. The molecule has 106 valence electrons. The first kappa shape index (κ1) is 15.5. The third-order valence-corrected chi connectivity index (χ3v) is 3.51. The first-order valence-corrected chi connectivity index (χ1v) is 6.69. The molecule has 3 unspecified atom stereocenters. The van der Waals surface area contributed by atoms with Crippen molar-refractivity contribution in [1.82, 2.24) is 5.32 Å². The normalized spacial score (nSPS) is 15.4. The van der Waals surface area contributed by atoms with E-state index in [1.165, 1.54) is 0 Å². The molecule has 1 rings (SSSR count). The summed E-state index contributed by atoms with van der Waals surface area (Å²) in [5, 5.41) is 2.94. The highest BCUT2D eigenvalue weighted by molar-refractivity contribution is 5.82. The van der Waals surface area contributed by atoms with Crippen molar-refractivity contribution in [2.45, 2.75) is 39.3 Å². The van der Waals surface area contributed by atoms with Crippen LogP contribution < -0.4 is 15.8 Å². The predicted molar refractivity (Wildman–Crippen MR) is 77.0 cm³/mol. The van der Waals surface area contributed by atoms with Crippen molar-refractivity contribution >= 4 is 5.91 Å². The second-order valence-electron chi connectivity index (χ2n) is 4.92. The summed E-state index contributed by atoms with van der Waals surface area (Å²) < 4.78 is 5.18. The van der Waals surface area contributed by atoms with Crippen LogP contribution in [-0.2, 0) is 4.79 Å². The summed E-state index contributed by atoms with van der Waals surface area (Å²) in [6, 6.07) is 7.12. The summed E-state index contributed by atoms with van der Waals surface area (Å²) in [6.45, 7) is 5.96. The van der Waals surface area contributed by atoms with Gasteiger partial charge in [0.15, 0.2) is 0 Å². The Balaban J connectivity index is 2.68. The average Bonchev–Trinajstić information content (AvgIpc) is 2.45. The minimum Gasteiger partial charge on any atom is -0.497 e. The zero-order chi connectivity index (χ0) is 14.4. The molecule has 3 N–H and O–H groups in total. The Kier molecular flexibility index (Phi) is 5.83. The van der Waals surface area contributed by atoms with Crippen LogP contribution in [0, 0.1) is 5.92 Å². The highest BCUT2D eigenvalue weighted by atomic mass is 16.5. The van der Waals surface area contributed by atoms with E-state index in [4.69, 9.17) is 10.5 Å². The van der Waals surface area contributed by atoms with E-state index >= 15 is 0 Å². The molecular weight excluding hydrogens is 240 g/mol. The lowest BCUT2D eigenvalue weighted by molar-refractivity contribution is -0.124. The fourth-order valence-corrected chi connectivity index (χ4v) is 1.82. The van der Waals surface area contributed by atoms with Gasteiger partial charge < -0.3 is 15.8 Å². The van der Waals surface area contributed by atoms with E-state index in [2.05, 4.69) is 5.32 Å². The maximum Gasteiger partial charge on any atom is 0.237 e. The first-order valence-electron chi connectivity index (χ1n) is 6.69. The molecule has 0 spiro atoms. The number of nitrogens with two attached hydrogens (primary N) is 1. The van der Waals surface area contributed by atoms with Crippen molar-refractivity contribution in [3.8, 4) is 5.75 Å². The van der Waals surface area contributed by atoms with Gasteiger partial charge in [0.05, 0.1) is 19.2 Å². The molecule has 1 amide bonds. The minimum absolute atomic E-state index is 0.0855. The average molecular weight is 264 g/mol. The van der Waals surface area contributed by atoms with Gasteiger partial charge in [-0.1, -0.05) is 32.4 Å². The monoisotopic (exact) mass is 264 g/mol. The Morgan fingerprint density at radius 3 is 2.68 bits per heavy atom. The van der Waals surface area contributed by atoms with Crippen LogP contribution in [0.25, 0.3) is 0 Å². The number of nitrogens with one attached hydrogen (secondary N) is 1. The summed E-state index contributed by atoms with van der Waals surface area (Å²) in [6.07, 6.45) is 0.891. The third kappa shape index (κ3) is 4.24. The molecule has 0 aliphatic carbocycles. The van der Waals surface area contributed by atoms with Crippen molar-refractivity contribution in [3.05, 3.63) is 29.8 Å². The number of ether oxygens (including phenoxy) is 1. The van der Waals surface area contributed by atoms with Gasteiger partial charge >= 0.3 is 0 Å². The summed E-state index contributed by atoms with van der Waals surface area (Å²) >= 11 is 0. The Morgan fingerprint density at radius 2 is 2.11 bits per heavy atom. The number of benzene rings is 1. The van der Waals surface area contributed by atoms with Gasteiger partial charge in [0.25, 0.3) is 0 Å². The maximum atomic E-state index is 12.0. The zero-order valence-corrected chi connectivity index (χ0v) is 12.1. The molecule has 0 radical (unpaired) electrons. The van der Waals surface area contributed by atoms with E-state index in [1.807, 2.05) is 45.0 Å². The van der Waals surface area contributed by atoms with Crippen molar-refractivity contribution in [2.75, 3.05) is 7.11 Å². The molecular formula is C15H24N2O2. The number of carbonyl (C=O) groups excluding carboxylic acids is 1. The van der Waals surface area contributed by atoms with Crippen molar-refractivity contribution in [3.63, 3.8) is 0 Å². The predicted octanol–water partition coefficient (Wildman–Crippen LogP) is 2.25.